The number of aliphatic carboxylic acids is 1. The summed E-state index contributed by atoms with van der Waals surface area (Å²) < 4.78 is 4.81. The molecule has 0 spiro atoms. The third kappa shape index (κ3) is 3.81. The smallest absolute Gasteiger partial charge is 0.315 e. The van der Waals surface area contributed by atoms with E-state index < -0.39 is 11.9 Å². The van der Waals surface area contributed by atoms with Gasteiger partial charge in [0.05, 0.1) is 12.0 Å². The summed E-state index contributed by atoms with van der Waals surface area (Å²) in [7, 11) is 0. The third-order valence-electron chi connectivity index (χ3n) is 2.92. The molecule has 0 fully saturated rings. The monoisotopic (exact) mass is 280 g/mol. The molecule has 2 unspecified atom stereocenters. The van der Waals surface area contributed by atoms with Crippen molar-refractivity contribution in [3.8, 4) is 0 Å². The number of aryl methyl sites for hydroxylation is 1. The number of aromatic nitrogens is 2. The molecule has 2 amide bonds. The van der Waals surface area contributed by atoms with Crippen LogP contribution in [-0.4, -0.2) is 39.8 Å². The first-order chi connectivity index (χ1) is 9.54. The van der Waals surface area contributed by atoms with E-state index in [4.69, 9.17) is 9.63 Å². The molecule has 1 aliphatic rings. The van der Waals surface area contributed by atoms with Crippen molar-refractivity contribution >= 4 is 12.0 Å². The van der Waals surface area contributed by atoms with Gasteiger partial charge >= 0.3 is 12.0 Å². The number of carboxylic acids is 1. The van der Waals surface area contributed by atoms with Crippen LogP contribution in [0.25, 0.3) is 0 Å². The Morgan fingerprint density at radius 3 is 2.90 bits per heavy atom. The van der Waals surface area contributed by atoms with Crippen molar-refractivity contribution < 1.29 is 19.2 Å². The minimum absolute atomic E-state index is 0.247. The van der Waals surface area contributed by atoms with Crippen LogP contribution in [0.15, 0.2) is 16.7 Å². The lowest BCUT2D eigenvalue weighted by molar-refractivity contribution is -0.140. The highest BCUT2D eigenvalue weighted by Crippen LogP contribution is 2.17. The average Bonchev–Trinajstić information content (AvgIpc) is 2.99. The molecule has 108 valence electrons. The van der Waals surface area contributed by atoms with E-state index >= 15 is 0 Å². The van der Waals surface area contributed by atoms with E-state index in [1.807, 2.05) is 0 Å². The van der Waals surface area contributed by atoms with Crippen molar-refractivity contribution in [3.63, 3.8) is 0 Å². The maximum absolute atomic E-state index is 11.6. The molecule has 1 heterocycles. The molecule has 0 bridgehead atoms. The van der Waals surface area contributed by atoms with Gasteiger partial charge in [0.25, 0.3) is 0 Å². The summed E-state index contributed by atoms with van der Waals surface area (Å²) >= 11 is 0. The van der Waals surface area contributed by atoms with Gasteiger partial charge in [0.15, 0.2) is 5.82 Å². The second kappa shape index (κ2) is 6.18. The fourth-order valence-corrected chi connectivity index (χ4v) is 1.94. The lowest BCUT2D eigenvalue weighted by atomic mass is 10.1. The normalized spacial score (nSPS) is 20.9. The average molecular weight is 280 g/mol. The van der Waals surface area contributed by atoms with Gasteiger partial charge in [-0.25, -0.2) is 4.79 Å². The van der Waals surface area contributed by atoms with Gasteiger partial charge in [-0.05, 0) is 6.42 Å². The summed E-state index contributed by atoms with van der Waals surface area (Å²) in [5.74, 6) is -0.379. The Morgan fingerprint density at radius 1 is 1.50 bits per heavy atom. The van der Waals surface area contributed by atoms with Gasteiger partial charge in [-0.15, -0.1) is 0 Å². The molecule has 1 aromatic rings. The van der Waals surface area contributed by atoms with E-state index in [1.54, 1.807) is 19.1 Å². The fraction of sp³-hybridized carbons (Fsp3) is 0.500. The van der Waals surface area contributed by atoms with Gasteiger partial charge < -0.3 is 20.3 Å². The summed E-state index contributed by atoms with van der Waals surface area (Å²) in [5, 5.41) is 17.9. The van der Waals surface area contributed by atoms with Crippen molar-refractivity contribution in [1.82, 2.24) is 20.8 Å². The predicted octanol–water partition coefficient (Wildman–Crippen LogP) is 0.249. The molecular formula is C12H16N4O4. The number of carbonyl (C=O) groups excluding carboxylic acids is 1. The first-order valence-electron chi connectivity index (χ1n) is 6.29. The SMILES string of the molecule is Cc1nc(CCNC(=O)NC2C=CC(C(=O)O)C2)no1. The van der Waals surface area contributed by atoms with Crippen molar-refractivity contribution in [1.29, 1.82) is 0 Å². The molecule has 0 saturated carbocycles. The zero-order chi connectivity index (χ0) is 14.5. The Bertz CT molecular complexity index is 525. The van der Waals surface area contributed by atoms with Crippen LogP contribution in [0.4, 0.5) is 4.79 Å². The molecule has 20 heavy (non-hydrogen) atoms. The van der Waals surface area contributed by atoms with Crippen LogP contribution in [0.1, 0.15) is 18.1 Å². The lowest BCUT2D eigenvalue weighted by Crippen LogP contribution is -2.41. The molecule has 0 aliphatic heterocycles. The van der Waals surface area contributed by atoms with Crippen LogP contribution < -0.4 is 10.6 Å². The molecule has 0 radical (unpaired) electrons. The second-order valence-electron chi connectivity index (χ2n) is 4.55. The zero-order valence-corrected chi connectivity index (χ0v) is 11.0. The van der Waals surface area contributed by atoms with Crippen molar-refractivity contribution in [3.05, 3.63) is 23.9 Å². The molecule has 0 aromatic carbocycles. The van der Waals surface area contributed by atoms with Crippen molar-refractivity contribution in [2.45, 2.75) is 25.8 Å². The van der Waals surface area contributed by atoms with Crippen LogP contribution in [0.5, 0.6) is 0 Å². The van der Waals surface area contributed by atoms with Gasteiger partial charge in [-0.1, -0.05) is 17.3 Å². The molecule has 2 rings (SSSR count). The van der Waals surface area contributed by atoms with Crippen LogP contribution in [0.3, 0.4) is 0 Å². The summed E-state index contributed by atoms with van der Waals surface area (Å²) in [6.07, 6.45) is 4.14. The Hall–Kier alpha value is -2.38. The first kappa shape index (κ1) is 14.0. The highest BCUT2D eigenvalue weighted by molar-refractivity contribution is 5.76. The van der Waals surface area contributed by atoms with E-state index in [-0.39, 0.29) is 12.1 Å². The standard InChI is InChI=1S/C12H16N4O4/c1-7-14-10(16-20-7)4-5-13-12(19)15-9-3-2-8(6-9)11(17)18/h2-3,8-9H,4-6H2,1H3,(H,17,18)(H2,13,15,19). The predicted molar refractivity (Wildman–Crippen MR) is 67.9 cm³/mol. The van der Waals surface area contributed by atoms with Crippen LogP contribution in [0, 0.1) is 12.8 Å². The van der Waals surface area contributed by atoms with E-state index in [1.165, 1.54) is 0 Å². The summed E-state index contributed by atoms with van der Waals surface area (Å²) in [5.41, 5.74) is 0. The first-order valence-corrected chi connectivity index (χ1v) is 6.29. The Labute approximate surface area is 115 Å². The maximum atomic E-state index is 11.6. The summed E-state index contributed by atoms with van der Waals surface area (Å²) in [6.45, 7) is 2.07. The van der Waals surface area contributed by atoms with Crippen LogP contribution in [-0.2, 0) is 11.2 Å². The van der Waals surface area contributed by atoms with Crippen molar-refractivity contribution in [2.24, 2.45) is 5.92 Å². The van der Waals surface area contributed by atoms with E-state index in [9.17, 15) is 9.59 Å². The number of nitrogens with one attached hydrogen (secondary N) is 2. The van der Waals surface area contributed by atoms with E-state index in [0.717, 1.165) is 0 Å². The number of hydrogen-bond donors (Lipinski definition) is 3. The van der Waals surface area contributed by atoms with Crippen LogP contribution >= 0.6 is 0 Å². The summed E-state index contributed by atoms with van der Waals surface area (Å²) in [4.78, 5) is 26.4. The molecule has 3 N–H and O–H groups in total. The molecule has 2 atom stereocenters. The molecule has 0 saturated heterocycles. The second-order valence-corrected chi connectivity index (χ2v) is 4.55. The highest BCUT2D eigenvalue weighted by atomic mass is 16.5. The molecular weight excluding hydrogens is 264 g/mol. The number of nitrogens with zero attached hydrogens (tertiary/aromatic N) is 2. The maximum Gasteiger partial charge on any atom is 0.315 e. The van der Waals surface area contributed by atoms with Gasteiger partial charge in [0.2, 0.25) is 5.89 Å². The van der Waals surface area contributed by atoms with Gasteiger partial charge in [-0.2, -0.15) is 4.98 Å². The lowest BCUT2D eigenvalue weighted by Gasteiger charge is -2.12. The van der Waals surface area contributed by atoms with Crippen molar-refractivity contribution in [2.75, 3.05) is 6.54 Å². The molecule has 1 aromatic heterocycles. The third-order valence-corrected chi connectivity index (χ3v) is 2.92. The van der Waals surface area contributed by atoms with E-state index in [2.05, 4.69) is 20.8 Å². The Kier molecular flexibility index (Phi) is 4.34. The number of carboxylic acid groups (broad SMARTS) is 1. The van der Waals surface area contributed by atoms with Gasteiger partial charge in [0, 0.05) is 19.9 Å². The minimum Gasteiger partial charge on any atom is -0.481 e. The van der Waals surface area contributed by atoms with Gasteiger partial charge in [0.1, 0.15) is 0 Å². The van der Waals surface area contributed by atoms with Gasteiger partial charge in [-0.3, -0.25) is 4.79 Å². The molecule has 8 nitrogen and oxygen atoms in total. The Balaban J connectivity index is 1.66. The topological polar surface area (TPSA) is 117 Å². The Morgan fingerprint density at radius 2 is 2.30 bits per heavy atom. The number of hydrogen-bond acceptors (Lipinski definition) is 5. The number of rotatable bonds is 5. The molecule has 8 heteroatoms. The summed E-state index contributed by atoms with van der Waals surface area (Å²) in [6, 6.07) is -0.588. The number of amides is 2. The number of urea groups is 1. The zero-order valence-electron chi connectivity index (χ0n) is 11.0. The molecule has 1 aliphatic carbocycles. The fourth-order valence-electron chi connectivity index (χ4n) is 1.94. The quantitative estimate of drug-likeness (QED) is 0.665. The van der Waals surface area contributed by atoms with Crippen LogP contribution in [0.2, 0.25) is 0 Å². The largest absolute Gasteiger partial charge is 0.481 e. The number of carbonyl (C=O) groups is 2. The highest BCUT2D eigenvalue weighted by Gasteiger charge is 2.25. The minimum atomic E-state index is -0.876. The van der Waals surface area contributed by atoms with E-state index in [0.29, 0.717) is 31.1 Å².